The number of hydrogen-bond donors (Lipinski definition) is 1. The molecule has 2 saturated heterocycles. The molecule has 0 spiro atoms. The highest BCUT2D eigenvalue weighted by Crippen LogP contribution is 2.50. The summed E-state index contributed by atoms with van der Waals surface area (Å²) in [7, 11) is 0. The summed E-state index contributed by atoms with van der Waals surface area (Å²) >= 11 is 1.78. The number of nitrogens with zero attached hydrogens (tertiary/aromatic N) is 1. The fraction of sp³-hybridized carbons (Fsp3) is 0.500. The largest absolute Gasteiger partial charge is 0.341 e. The molecule has 1 aromatic rings. The number of thioether (sulfide) groups is 1. The van der Waals surface area contributed by atoms with Gasteiger partial charge in [0.2, 0.25) is 11.8 Å². The molecule has 3 unspecified atom stereocenters. The average molecular weight is 304 g/mol. The van der Waals surface area contributed by atoms with Gasteiger partial charge >= 0.3 is 0 Å². The number of carbonyl (C=O) groups is 2. The lowest BCUT2D eigenvalue weighted by Crippen LogP contribution is -2.69. The van der Waals surface area contributed by atoms with Crippen molar-refractivity contribution in [1.82, 2.24) is 10.2 Å². The first-order valence-electron chi connectivity index (χ1n) is 7.23. The zero-order valence-corrected chi connectivity index (χ0v) is 13.3. The molecule has 1 N–H and O–H groups in total. The number of nitrogens with one attached hydrogen (secondary N) is 1. The zero-order chi connectivity index (χ0) is 15.2. The Balaban J connectivity index is 1.62. The van der Waals surface area contributed by atoms with Crippen molar-refractivity contribution >= 4 is 23.6 Å². The van der Waals surface area contributed by atoms with Crippen LogP contribution in [0.2, 0.25) is 0 Å². The molecule has 21 heavy (non-hydrogen) atoms. The molecule has 2 fully saturated rings. The van der Waals surface area contributed by atoms with Crippen LogP contribution in [0.3, 0.4) is 0 Å². The molecule has 2 aliphatic rings. The molecule has 3 rings (SSSR count). The summed E-state index contributed by atoms with van der Waals surface area (Å²) in [6, 6.07) is 9.44. The van der Waals surface area contributed by atoms with Crippen molar-refractivity contribution in [3.05, 3.63) is 35.9 Å². The highest BCUT2D eigenvalue weighted by Gasteiger charge is 2.60. The van der Waals surface area contributed by atoms with Crippen molar-refractivity contribution in [3.8, 4) is 0 Å². The Morgan fingerprint density at radius 2 is 2.00 bits per heavy atom. The highest BCUT2D eigenvalue weighted by atomic mass is 32.2. The van der Waals surface area contributed by atoms with Gasteiger partial charge < -0.3 is 10.2 Å². The van der Waals surface area contributed by atoms with Crippen molar-refractivity contribution in [1.29, 1.82) is 0 Å². The van der Waals surface area contributed by atoms with Crippen LogP contribution in [0, 0.1) is 0 Å². The maximum atomic E-state index is 12.2. The van der Waals surface area contributed by atoms with E-state index in [9.17, 15) is 9.59 Å². The van der Waals surface area contributed by atoms with Gasteiger partial charge in [-0.1, -0.05) is 30.3 Å². The number of hydrogen-bond acceptors (Lipinski definition) is 3. The fourth-order valence-electron chi connectivity index (χ4n) is 2.91. The second-order valence-corrected chi connectivity index (χ2v) is 8.01. The van der Waals surface area contributed by atoms with Gasteiger partial charge in [-0.05, 0) is 26.3 Å². The molecule has 4 nitrogen and oxygen atoms in total. The molecule has 0 saturated carbocycles. The van der Waals surface area contributed by atoms with E-state index in [0.717, 1.165) is 5.56 Å². The van der Waals surface area contributed by atoms with Crippen molar-refractivity contribution in [2.24, 2.45) is 0 Å². The summed E-state index contributed by atoms with van der Waals surface area (Å²) in [4.78, 5) is 26.2. The van der Waals surface area contributed by atoms with E-state index in [1.54, 1.807) is 11.8 Å². The summed E-state index contributed by atoms with van der Waals surface area (Å²) < 4.78 is 0.0409. The Kier molecular flexibility index (Phi) is 3.48. The SMILES string of the molecule is CC1N2C(=O)C(NC(=O)Cc3ccccc3)C2SC1(C)C. The first-order valence-corrected chi connectivity index (χ1v) is 8.11. The van der Waals surface area contributed by atoms with Gasteiger partial charge in [-0.2, -0.15) is 0 Å². The normalized spacial score (nSPS) is 29.8. The smallest absolute Gasteiger partial charge is 0.249 e. The fourth-order valence-corrected chi connectivity index (χ4v) is 4.56. The summed E-state index contributed by atoms with van der Waals surface area (Å²) in [5.41, 5.74) is 0.964. The van der Waals surface area contributed by atoms with Crippen LogP contribution in [0.5, 0.6) is 0 Å². The first kappa shape index (κ1) is 14.4. The van der Waals surface area contributed by atoms with Crippen LogP contribution in [0.1, 0.15) is 26.3 Å². The molecule has 0 aliphatic carbocycles. The second-order valence-electron chi connectivity index (χ2n) is 6.24. The summed E-state index contributed by atoms with van der Waals surface area (Å²) in [5.74, 6) is -0.0378. The van der Waals surface area contributed by atoms with Gasteiger partial charge in [-0.3, -0.25) is 9.59 Å². The lowest BCUT2D eigenvalue weighted by molar-refractivity contribution is -0.150. The van der Waals surface area contributed by atoms with Gasteiger partial charge in [0.25, 0.3) is 0 Å². The lowest BCUT2D eigenvalue weighted by Gasteiger charge is -2.44. The Morgan fingerprint density at radius 3 is 2.67 bits per heavy atom. The molecular formula is C16H20N2O2S. The standard InChI is InChI=1S/C16H20N2O2S/c1-10-16(2,3)21-15-13(14(20)18(10)15)17-12(19)9-11-7-5-4-6-8-11/h4-8,10,13,15H,9H2,1-3H3,(H,17,19). The van der Waals surface area contributed by atoms with Crippen LogP contribution in [0.25, 0.3) is 0 Å². The average Bonchev–Trinajstić information content (AvgIpc) is 2.65. The van der Waals surface area contributed by atoms with Crippen LogP contribution < -0.4 is 5.32 Å². The highest BCUT2D eigenvalue weighted by molar-refractivity contribution is 8.01. The molecule has 2 amide bonds. The summed E-state index contributed by atoms with van der Waals surface area (Å²) in [5, 5.41) is 2.98. The molecule has 0 radical (unpaired) electrons. The van der Waals surface area contributed by atoms with Gasteiger partial charge in [-0.15, -0.1) is 11.8 Å². The van der Waals surface area contributed by atoms with Gasteiger partial charge in [0, 0.05) is 10.8 Å². The van der Waals surface area contributed by atoms with E-state index in [-0.39, 0.29) is 34.0 Å². The van der Waals surface area contributed by atoms with Crippen LogP contribution in [-0.4, -0.2) is 38.9 Å². The van der Waals surface area contributed by atoms with Crippen LogP contribution in [-0.2, 0) is 16.0 Å². The Labute approximate surface area is 129 Å². The van der Waals surface area contributed by atoms with E-state index in [4.69, 9.17) is 0 Å². The number of benzene rings is 1. The van der Waals surface area contributed by atoms with Crippen molar-refractivity contribution < 1.29 is 9.59 Å². The predicted octanol–water partition coefficient (Wildman–Crippen LogP) is 1.80. The second kappa shape index (κ2) is 5.05. The molecule has 2 heterocycles. The molecular weight excluding hydrogens is 284 g/mol. The Bertz CT molecular complexity index is 573. The van der Waals surface area contributed by atoms with Crippen LogP contribution in [0.4, 0.5) is 0 Å². The topological polar surface area (TPSA) is 49.4 Å². The Morgan fingerprint density at radius 1 is 1.33 bits per heavy atom. The maximum absolute atomic E-state index is 12.2. The number of fused-ring (bicyclic) bond motifs is 1. The van der Waals surface area contributed by atoms with E-state index in [2.05, 4.69) is 26.1 Å². The molecule has 2 aliphatic heterocycles. The zero-order valence-electron chi connectivity index (χ0n) is 12.5. The molecule has 1 aromatic carbocycles. The van der Waals surface area contributed by atoms with Crippen molar-refractivity contribution in [2.75, 3.05) is 0 Å². The van der Waals surface area contributed by atoms with Gasteiger partial charge in [0.15, 0.2) is 0 Å². The number of amides is 2. The van der Waals surface area contributed by atoms with E-state index < -0.39 is 0 Å². The summed E-state index contributed by atoms with van der Waals surface area (Å²) in [6.45, 7) is 6.38. The monoisotopic (exact) mass is 304 g/mol. The van der Waals surface area contributed by atoms with Crippen molar-refractivity contribution in [2.45, 2.75) is 49.4 Å². The quantitative estimate of drug-likeness (QED) is 0.866. The van der Waals surface area contributed by atoms with E-state index in [0.29, 0.717) is 6.42 Å². The number of β-lactam (4-membered cyclic amide) rings is 1. The van der Waals surface area contributed by atoms with Gasteiger partial charge in [0.05, 0.1) is 6.42 Å². The molecule has 0 aromatic heterocycles. The third-order valence-corrected chi connectivity index (χ3v) is 6.14. The van der Waals surface area contributed by atoms with E-state index >= 15 is 0 Å². The maximum Gasteiger partial charge on any atom is 0.249 e. The van der Waals surface area contributed by atoms with E-state index in [1.165, 1.54) is 0 Å². The molecule has 3 atom stereocenters. The predicted molar refractivity (Wildman–Crippen MR) is 83.8 cm³/mol. The number of carbonyl (C=O) groups excluding carboxylic acids is 2. The summed E-state index contributed by atoms with van der Waals surface area (Å²) in [6.07, 6.45) is 0.320. The van der Waals surface area contributed by atoms with Crippen molar-refractivity contribution in [3.63, 3.8) is 0 Å². The van der Waals surface area contributed by atoms with Crippen LogP contribution >= 0.6 is 11.8 Å². The lowest BCUT2D eigenvalue weighted by atomic mass is 9.97. The minimum absolute atomic E-state index is 0.0409. The van der Waals surface area contributed by atoms with E-state index in [1.807, 2.05) is 35.2 Å². The molecule has 112 valence electrons. The Hall–Kier alpha value is -1.49. The van der Waals surface area contributed by atoms with Gasteiger partial charge in [-0.25, -0.2) is 0 Å². The minimum atomic E-state index is -0.365. The molecule has 5 heteroatoms. The third kappa shape index (κ3) is 2.44. The van der Waals surface area contributed by atoms with Crippen LogP contribution in [0.15, 0.2) is 30.3 Å². The third-order valence-electron chi connectivity index (χ3n) is 4.45. The number of rotatable bonds is 3. The van der Waals surface area contributed by atoms with Gasteiger partial charge in [0.1, 0.15) is 11.4 Å². The minimum Gasteiger partial charge on any atom is -0.341 e. The molecule has 0 bridgehead atoms. The first-order chi connectivity index (χ1) is 9.90.